The highest BCUT2D eigenvalue weighted by Gasteiger charge is 2.63. The van der Waals surface area contributed by atoms with Crippen LogP contribution in [0.15, 0.2) is 115 Å². The molecule has 15 rings (SSSR count). The molecule has 8 saturated carbocycles. The zero-order valence-electron chi connectivity index (χ0n) is 29.6. The van der Waals surface area contributed by atoms with Crippen LogP contribution in [0.4, 0.5) is 17.1 Å². The fourth-order valence-corrected chi connectivity index (χ4v) is 15.7. The molecule has 0 atom stereocenters. The van der Waals surface area contributed by atoms with E-state index in [-0.39, 0.29) is 10.8 Å². The van der Waals surface area contributed by atoms with E-state index < -0.39 is 0 Å². The number of anilines is 3. The summed E-state index contributed by atoms with van der Waals surface area (Å²) >= 11 is 0. The van der Waals surface area contributed by atoms with Gasteiger partial charge in [-0.2, -0.15) is 0 Å². The van der Waals surface area contributed by atoms with Crippen molar-refractivity contribution in [1.29, 1.82) is 0 Å². The van der Waals surface area contributed by atoms with Crippen molar-refractivity contribution < 1.29 is 0 Å². The van der Waals surface area contributed by atoms with Gasteiger partial charge in [-0.25, -0.2) is 0 Å². The van der Waals surface area contributed by atoms with Gasteiger partial charge in [0.2, 0.25) is 0 Å². The molecule has 0 unspecified atom stereocenters. The number of fused-ring (bicyclic) bond motifs is 6. The van der Waals surface area contributed by atoms with Gasteiger partial charge < -0.3 is 4.90 Å². The van der Waals surface area contributed by atoms with Gasteiger partial charge in [-0.3, -0.25) is 0 Å². The molecule has 1 heteroatoms. The zero-order valence-corrected chi connectivity index (χ0v) is 29.6. The molecule has 5 aromatic rings. The Morgan fingerprint density at radius 1 is 0.373 bits per heavy atom. The number of benzene rings is 5. The predicted octanol–water partition coefficient (Wildman–Crippen LogP) is 12.6. The Hall–Kier alpha value is -4.10. The lowest BCUT2D eigenvalue weighted by atomic mass is 9.43. The molecule has 10 aliphatic rings. The van der Waals surface area contributed by atoms with E-state index in [2.05, 4.69) is 120 Å². The van der Waals surface area contributed by atoms with E-state index in [4.69, 9.17) is 0 Å². The molecule has 0 saturated heterocycles. The summed E-state index contributed by atoms with van der Waals surface area (Å²) in [5.41, 5.74) is 17.0. The largest absolute Gasteiger partial charge is 0.310 e. The van der Waals surface area contributed by atoms with E-state index in [0.717, 1.165) is 47.3 Å². The Bertz CT molecular complexity index is 2200. The lowest BCUT2D eigenvalue weighted by Gasteiger charge is -2.61. The van der Waals surface area contributed by atoms with Crippen molar-refractivity contribution in [2.24, 2.45) is 47.3 Å². The minimum Gasteiger partial charge on any atom is -0.310 e. The predicted molar refractivity (Wildman–Crippen MR) is 208 cm³/mol. The van der Waals surface area contributed by atoms with Gasteiger partial charge in [0, 0.05) is 22.2 Å². The van der Waals surface area contributed by atoms with Crippen LogP contribution >= 0.6 is 0 Å². The maximum atomic E-state index is 2.72. The van der Waals surface area contributed by atoms with Crippen LogP contribution in [0.2, 0.25) is 0 Å². The molecule has 1 nitrogen and oxygen atoms in total. The first kappa shape index (κ1) is 28.5. The number of hydrogen-bond donors (Lipinski definition) is 0. The van der Waals surface area contributed by atoms with E-state index in [9.17, 15) is 0 Å². The first-order valence-corrected chi connectivity index (χ1v) is 20.5. The van der Waals surface area contributed by atoms with Crippen molar-refractivity contribution in [3.05, 3.63) is 138 Å². The van der Waals surface area contributed by atoms with E-state index in [0.29, 0.717) is 0 Å². The number of nitrogens with zero attached hydrogens (tertiary/aromatic N) is 1. The molecule has 2 spiro atoms. The normalized spacial score (nSPS) is 36.4. The van der Waals surface area contributed by atoms with Crippen molar-refractivity contribution in [3.63, 3.8) is 0 Å². The number of rotatable bonds is 3. The van der Waals surface area contributed by atoms with Gasteiger partial charge >= 0.3 is 0 Å². The summed E-state index contributed by atoms with van der Waals surface area (Å²) in [6, 6.07) is 45.8. The molecule has 51 heavy (non-hydrogen) atoms. The van der Waals surface area contributed by atoms with Crippen LogP contribution in [0, 0.1) is 47.3 Å². The quantitative estimate of drug-likeness (QED) is 0.186. The highest BCUT2D eigenvalue weighted by molar-refractivity contribution is 5.93. The number of hydrogen-bond acceptors (Lipinski definition) is 1. The Morgan fingerprint density at radius 3 is 1.49 bits per heavy atom. The summed E-state index contributed by atoms with van der Waals surface area (Å²) in [6.45, 7) is 0. The van der Waals surface area contributed by atoms with Crippen molar-refractivity contribution in [2.45, 2.75) is 75.0 Å². The second kappa shape index (κ2) is 9.86. The topological polar surface area (TPSA) is 3.24 Å². The molecule has 0 amide bonds. The maximum Gasteiger partial charge on any atom is 0.0509 e. The fourth-order valence-electron chi connectivity index (χ4n) is 15.7. The van der Waals surface area contributed by atoms with Crippen LogP contribution < -0.4 is 4.90 Å². The van der Waals surface area contributed by atoms with Crippen LogP contribution in [-0.2, 0) is 10.8 Å². The molecule has 5 aromatic carbocycles. The minimum atomic E-state index is 0.110. The SMILES string of the molecule is c1ccc(N(c2ccc3c(c2)C2(c4ccccc4-3)C3CC4CC(C3)CC2C4)c2cccc3c2C2(c4ccccc4-3)C3CC4CC(C3)CC2C4)cc1. The Kier molecular flexibility index (Phi) is 5.50. The minimum absolute atomic E-state index is 0.110. The Labute approximate surface area is 303 Å². The van der Waals surface area contributed by atoms with Crippen LogP contribution in [0.5, 0.6) is 0 Å². The summed E-state index contributed by atoms with van der Waals surface area (Å²) in [7, 11) is 0. The lowest BCUT2D eigenvalue weighted by Crippen LogP contribution is -2.55. The van der Waals surface area contributed by atoms with Crippen LogP contribution in [0.25, 0.3) is 22.3 Å². The molecule has 10 aliphatic carbocycles. The Morgan fingerprint density at radius 2 is 0.863 bits per heavy atom. The van der Waals surface area contributed by atoms with Crippen molar-refractivity contribution in [1.82, 2.24) is 0 Å². The molecular weight excluding hydrogens is 615 g/mol. The summed E-state index contributed by atoms with van der Waals surface area (Å²) in [5, 5.41) is 0. The summed E-state index contributed by atoms with van der Waals surface area (Å²) in [5.74, 6) is 6.77. The van der Waals surface area contributed by atoms with Gasteiger partial charge in [0.05, 0.1) is 5.69 Å². The Balaban J connectivity index is 1.06. The van der Waals surface area contributed by atoms with E-state index in [1.54, 1.807) is 22.3 Å². The van der Waals surface area contributed by atoms with Gasteiger partial charge in [-0.1, -0.05) is 84.9 Å². The first-order valence-electron chi connectivity index (χ1n) is 20.5. The third-order valence-electron chi connectivity index (χ3n) is 16.6. The fraction of sp³-hybridized carbons (Fsp3) is 0.400. The molecule has 0 N–H and O–H groups in total. The molecule has 0 aliphatic heterocycles. The summed E-state index contributed by atoms with van der Waals surface area (Å²) < 4.78 is 0. The van der Waals surface area contributed by atoms with Gasteiger partial charge in [0.25, 0.3) is 0 Å². The van der Waals surface area contributed by atoms with Gasteiger partial charge in [0.1, 0.15) is 0 Å². The van der Waals surface area contributed by atoms with E-state index in [1.807, 2.05) is 0 Å². The molecule has 8 bridgehead atoms. The average molecular weight is 662 g/mol. The van der Waals surface area contributed by atoms with Crippen molar-refractivity contribution in [2.75, 3.05) is 4.90 Å². The third-order valence-corrected chi connectivity index (χ3v) is 16.6. The molecule has 8 fully saturated rings. The van der Waals surface area contributed by atoms with Gasteiger partial charge in [0.15, 0.2) is 0 Å². The molecule has 0 heterocycles. The average Bonchev–Trinajstić information content (AvgIpc) is 3.62. The third kappa shape index (κ3) is 3.42. The zero-order chi connectivity index (χ0) is 33.1. The molecule has 252 valence electrons. The van der Waals surface area contributed by atoms with Crippen LogP contribution in [0.1, 0.15) is 86.5 Å². The highest BCUT2D eigenvalue weighted by Crippen LogP contribution is 2.72. The maximum absolute atomic E-state index is 2.72. The second-order valence-electron chi connectivity index (χ2n) is 18.5. The lowest BCUT2D eigenvalue weighted by molar-refractivity contribution is -0.0399. The first-order chi connectivity index (χ1) is 25.2. The second-order valence-corrected chi connectivity index (χ2v) is 18.5. The van der Waals surface area contributed by atoms with Crippen LogP contribution in [-0.4, -0.2) is 0 Å². The van der Waals surface area contributed by atoms with Gasteiger partial charge in [-0.15, -0.1) is 0 Å². The summed E-state index contributed by atoms with van der Waals surface area (Å²) in [6.07, 6.45) is 14.3. The summed E-state index contributed by atoms with van der Waals surface area (Å²) in [4.78, 5) is 2.71. The highest BCUT2D eigenvalue weighted by atomic mass is 15.1. The molecule has 0 radical (unpaired) electrons. The van der Waals surface area contributed by atoms with Crippen molar-refractivity contribution >= 4 is 17.1 Å². The van der Waals surface area contributed by atoms with Gasteiger partial charge in [-0.05, 0) is 186 Å². The monoisotopic (exact) mass is 661 g/mol. The molecular formula is C50H47N. The molecule has 0 aromatic heterocycles. The van der Waals surface area contributed by atoms with E-state index in [1.165, 1.54) is 104 Å². The van der Waals surface area contributed by atoms with Crippen LogP contribution in [0.3, 0.4) is 0 Å². The smallest absolute Gasteiger partial charge is 0.0509 e. The standard InChI is InChI=1S/C50H47N/c1-2-9-38(10-3-1)51(39-17-18-42-40-11-4-6-14-44(40)49(46(42)29-39)34-21-30-19-31(23-34)24-35(49)22-30)47-16-8-13-43-41-12-5-7-15-45(41)50(48(43)47)36-25-32-20-33(27-36)28-37(50)26-32/h1-18,29-37H,19-28H2. The number of para-hydroxylation sites is 1. The van der Waals surface area contributed by atoms with Crippen molar-refractivity contribution in [3.8, 4) is 22.3 Å². The van der Waals surface area contributed by atoms with E-state index >= 15 is 0 Å².